The highest BCUT2D eigenvalue weighted by Crippen LogP contribution is 2.33. The molecule has 2 aromatic rings. The summed E-state index contributed by atoms with van der Waals surface area (Å²) < 4.78 is 33.3. The first-order valence-electron chi connectivity index (χ1n) is 10.4. The minimum Gasteiger partial charge on any atom is -0.479 e. The molecule has 0 spiro atoms. The molecule has 2 atom stereocenters. The molecule has 8 nitrogen and oxygen atoms in total. The summed E-state index contributed by atoms with van der Waals surface area (Å²) in [5.74, 6) is -0.570. The van der Waals surface area contributed by atoms with Crippen LogP contribution in [-0.4, -0.2) is 43.7 Å². The minimum atomic E-state index is -3.84. The molecule has 2 amide bonds. The van der Waals surface area contributed by atoms with Crippen molar-refractivity contribution in [1.29, 1.82) is 0 Å². The van der Waals surface area contributed by atoms with E-state index in [0.29, 0.717) is 35.8 Å². The van der Waals surface area contributed by atoms with Crippen LogP contribution in [0.4, 0.5) is 5.69 Å². The second-order valence-electron chi connectivity index (χ2n) is 7.92. The van der Waals surface area contributed by atoms with Gasteiger partial charge in [-0.2, -0.15) is 4.31 Å². The Morgan fingerprint density at radius 3 is 2.84 bits per heavy atom. The predicted octanol–water partition coefficient (Wildman–Crippen LogP) is 2.78. The summed E-state index contributed by atoms with van der Waals surface area (Å²) in [6.45, 7) is 2.32. The maximum absolute atomic E-state index is 13.2. The van der Waals surface area contributed by atoms with Crippen molar-refractivity contribution in [3.05, 3.63) is 53.1 Å². The Balaban J connectivity index is 1.45. The van der Waals surface area contributed by atoms with Crippen molar-refractivity contribution in [2.45, 2.75) is 37.3 Å². The molecular weight excluding hydrogens is 454 g/mol. The number of nitrogens with one attached hydrogen (secondary N) is 2. The monoisotopic (exact) mass is 477 g/mol. The van der Waals surface area contributed by atoms with Gasteiger partial charge < -0.3 is 15.4 Å². The van der Waals surface area contributed by atoms with E-state index in [2.05, 4.69) is 10.6 Å². The Kier molecular flexibility index (Phi) is 6.41. The molecule has 0 saturated carbocycles. The fourth-order valence-corrected chi connectivity index (χ4v) is 5.59. The second kappa shape index (κ2) is 9.09. The van der Waals surface area contributed by atoms with E-state index in [-0.39, 0.29) is 29.8 Å². The van der Waals surface area contributed by atoms with Gasteiger partial charge in [-0.3, -0.25) is 9.59 Å². The van der Waals surface area contributed by atoms with E-state index in [4.69, 9.17) is 16.3 Å². The molecule has 2 aromatic carbocycles. The van der Waals surface area contributed by atoms with Gasteiger partial charge >= 0.3 is 0 Å². The number of amides is 2. The number of anilines is 1. The molecule has 0 bridgehead atoms. The highest BCUT2D eigenvalue weighted by atomic mass is 35.5. The fourth-order valence-electron chi connectivity index (χ4n) is 3.84. The maximum atomic E-state index is 13.2. The minimum absolute atomic E-state index is 0.0480. The number of hydrogen-bond donors (Lipinski definition) is 2. The number of ether oxygens (including phenoxy) is 1. The average molecular weight is 478 g/mol. The first-order chi connectivity index (χ1) is 15.3. The van der Waals surface area contributed by atoms with Crippen molar-refractivity contribution in [3.63, 3.8) is 0 Å². The van der Waals surface area contributed by atoms with E-state index < -0.39 is 22.0 Å². The topological polar surface area (TPSA) is 105 Å². The van der Waals surface area contributed by atoms with Crippen molar-refractivity contribution in [1.82, 2.24) is 9.62 Å². The predicted molar refractivity (Wildman–Crippen MR) is 120 cm³/mol. The van der Waals surface area contributed by atoms with Crippen molar-refractivity contribution in [3.8, 4) is 5.75 Å². The van der Waals surface area contributed by atoms with Crippen molar-refractivity contribution in [2.24, 2.45) is 5.92 Å². The lowest BCUT2D eigenvalue weighted by molar-refractivity contribution is -0.126. The van der Waals surface area contributed by atoms with Crippen LogP contribution in [0.1, 0.15) is 25.3 Å². The number of fused-ring (bicyclic) bond motifs is 1. The largest absolute Gasteiger partial charge is 0.479 e. The van der Waals surface area contributed by atoms with Gasteiger partial charge in [-0.15, -0.1) is 0 Å². The van der Waals surface area contributed by atoms with E-state index in [9.17, 15) is 18.0 Å². The van der Waals surface area contributed by atoms with E-state index in [0.717, 1.165) is 5.56 Å². The second-order valence-corrected chi connectivity index (χ2v) is 10.3. The zero-order chi connectivity index (χ0) is 22.9. The number of sulfonamides is 1. The summed E-state index contributed by atoms with van der Waals surface area (Å²) in [6, 6.07) is 11.6. The molecule has 32 heavy (non-hydrogen) atoms. The van der Waals surface area contributed by atoms with Crippen LogP contribution in [0.3, 0.4) is 0 Å². The molecule has 2 aliphatic heterocycles. The Bertz CT molecular complexity index is 1150. The third-order valence-corrected chi connectivity index (χ3v) is 7.92. The Morgan fingerprint density at radius 2 is 2.06 bits per heavy atom. The van der Waals surface area contributed by atoms with Crippen molar-refractivity contribution >= 4 is 39.1 Å². The molecule has 170 valence electrons. The number of hydrogen-bond acceptors (Lipinski definition) is 5. The Morgan fingerprint density at radius 1 is 1.28 bits per heavy atom. The van der Waals surface area contributed by atoms with Crippen LogP contribution < -0.4 is 15.4 Å². The van der Waals surface area contributed by atoms with Crippen LogP contribution >= 0.6 is 11.6 Å². The van der Waals surface area contributed by atoms with Crippen molar-refractivity contribution < 1.29 is 22.7 Å². The van der Waals surface area contributed by atoms with Gasteiger partial charge in [0.15, 0.2) is 6.10 Å². The molecule has 1 fully saturated rings. The van der Waals surface area contributed by atoms with Crippen LogP contribution in [0.5, 0.6) is 5.75 Å². The first kappa shape index (κ1) is 22.6. The summed E-state index contributed by atoms with van der Waals surface area (Å²) in [5.41, 5.74) is 1.12. The van der Waals surface area contributed by atoms with Gasteiger partial charge in [-0.05, 0) is 49.6 Å². The van der Waals surface area contributed by atoms with Crippen molar-refractivity contribution in [2.75, 3.05) is 18.4 Å². The number of nitrogens with zero attached hydrogens (tertiary/aromatic N) is 1. The highest BCUT2D eigenvalue weighted by molar-refractivity contribution is 7.89. The summed E-state index contributed by atoms with van der Waals surface area (Å²) in [5, 5.41) is 6.10. The zero-order valence-electron chi connectivity index (χ0n) is 17.5. The molecule has 10 heteroatoms. The Labute approximate surface area is 191 Å². The van der Waals surface area contributed by atoms with Crippen LogP contribution in [0.25, 0.3) is 0 Å². The maximum Gasteiger partial charge on any atom is 0.265 e. The van der Waals surface area contributed by atoms with Crippen LogP contribution in [-0.2, 0) is 26.2 Å². The van der Waals surface area contributed by atoms with Crippen LogP contribution in [0.2, 0.25) is 5.02 Å². The molecule has 1 saturated heterocycles. The van der Waals surface area contributed by atoms with Crippen LogP contribution in [0.15, 0.2) is 47.4 Å². The number of piperidine rings is 1. The summed E-state index contributed by atoms with van der Waals surface area (Å²) in [6.07, 6.45) is 0.537. The molecule has 2 N–H and O–H groups in total. The smallest absolute Gasteiger partial charge is 0.265 e. The van der Waals surface area contributed by atoms with Gasteiger partial charge in [0.2, 0.25) is 15.9 Å². The van der Waals surface area contributed by atoms with E-state index in [1.54, 1.807) is 13.0 Å². The lowest BCUT2D eigenvalue weighted by atomic mass is 9.99. The van der Waals surface area contributed by atoms with Gasteiger partial charge in [-0.1, -0.05) is 29.8 Å². The molecule has 0 unspecified atom stereocenters. The van der Waals surface area contributed by atoms with E-state index in [1.165, 1.54) is 22.5 Å². The summed E-state index contributed by atoms with van der Waals surface area (Å²) in [4.78, 5) is 24.6. The first-order valence-corrected chi connectivity index (χ1v) is 12.2. The number of benzene rings is 2. The van der Waals surface area contributed by atoms with Gasteiger partial charge in [0, 0.05) is 24.7 Å². The average Bonchev–Trinajstić information content (AvgIpc) is 2.79. The van der Waals surface area contributed by atoms with Crippen LogP contribution in [0, 0.1) is 5.92 Å². The molecular formula is C22H24ClN3O5S. The van der Waals surface area contributed by atoms with Gasteiger partial charge in [0.05, 0.1) is 16.5 Å². The molecule has 2 aliphatic rings. The molecule has 0 aromatic heterocycles. The number of carbonyl (C=O) groups is 2. The number of rotatable bonds is 5. The van der Waals surface area contributed by atoms with E-state index >= 15 is 0 Å². The number of halogens is 1. The SMILES string of the molecule is C[C@@H]1Oc2ccc(S(=O)(=O)N3CCC[C@@H](C(=O)NCc4ccccc4Cl)C3)cc2NC1=O. The van der Waals surface area contributed by atoms with Gasteiger partial charge in [0.1, 0.15) is 5.75 Å². The standard InChI is InChI=1S/C22H24ClN3O5S/c1-14-21(27)25-19-11-17(8-9-20(19)31-14)32(29,30)26-10-4-6-16(13-26)22(28)24-12-15-5-2-3-7-18(15)23/h2-3,5,7-9,11,14,16H,4,6,10,12-13H2,1H3,(H,24,28)(H,25,27)/t14-,16+/m0/s1. The third kappa shape index (κ3) is 4.60. The van der Waals surface area contributed by atoms with Gasteiger partial charge in [-0.25, -0.2) is 8.42 Å². The Hall–Kier alpha value is -2.62. The molecule has 4 rings (SSSR count). The van der Waals surface area contributed by atoms with Gasteiger partial charge in [0.25, 0.3) is 5.91 Å². The quantitative estimate of drug-likeness (QED) is 0.689. The summed E-state index contributed by atoms with van der Waals surface area (Å²) in [7, 11) is -3.84. The molecule has 0 radical (unpaired) electrons. The summed E-state index contributed by atoms with van der Waals surface area (Å²) >= 11 is 6.14. The third-order valence-electron chi connectivity index (χ3n) is 5.69. The van der Waals surface area contributed by atoms with E-state index in [1.807, 2.05) is 18.2 Å². The molecule has 0 aliphatic carbocycles. The highest BCUT2D eigenvalue weighted by Gasteiger charge is 2.34. The molecule has 2 heterocycles. The number of carbonyl (C=O) groups excluding carboxylic acids is 2. The normalized spacial score (nSPS) is 21.2. The lowest BCUT2D eigenvalue weighted by Gasteiger charge is -2.31. The lowest BCUT2D eigenvalue weighted by Crippen LogP contribution is -2.45. The zero-order valence-corrected chi connectivity index (χ0v) is 19.1. The fraction of sp³-hybridized carbons (Fsp3) is 0.364.